The number of benzene rings is 2. The molecule has 2 aromatic carbocycles. The molecule has 0 unspecified atom stereocenters. The number of nitrogens with one attached hydrogen (secondary N) is 1. The van der Waals surface area contributed by atoms with E-state index in [1.165, 1.54) is 6.42 Å². The minimum absolute atomic E-state index is 0.0338. The number of anilines is 2. The average molecular weight is 451 g/mol. The van der Waals surface area contributed by atoms with E-state index in [4.69, 9.17) is 4.74 Å². The van der Waals surface area contributed by atoms with Gasteiger partial charge in [0.15, 0.2) is 6.61 Å². The second kappa shape index (κ2) is 10.5. The van der Waals surface area contributed by atoms with Gasteiger partial charge >= 0.3 is 0 Å². The summed E-state index contributed by atoms with van der Waals surface area (Å²) in [7, 11) is 4.00. The number of amides is 1. The second-order valence-corrected chi connectivity index (χ2v) is 9.75. The molecule has 0 aliphatic carbocycles. The van der Waals surface area contributed by atoms with E-state index in [9.17, 15) is 4.79 Å². The summed E-state index contributed by atoms with van der Waals surface area (Å²) >= 11 is 0. The van der Waals surface area contributed by atoms with E-state index in [1.54, 1.807) is 0 Å². The van der Waals surface area contributed by atoms with Crippen molar-refractivity contribution in [2.24, 2.45) is 0 Å². The molecule has 0 spiro atoms. The standard InChI is InChI=1S/C27H38N4O2/c1-20(2)31-22-12-13-24(31)18-30(17-21-8-5-6-11-26(21)28-15-14-22)27(32)19-33-25-10-7-9-23(16-25)29(3)4/h5-11,16,20,22,24,28H,12-15,17-19H2,1-4H3/t22-,24+/m1/s1. The molecule has 2 aliphatic heterocycles. The third-order valence-corrected chi connectivity index (χ3v) is 6.92. The molecule has 0 radical (unpaired) electrons. The van der Waals surface area contributed by atoms with E-state index in [2.05, 4.69) is 48.3 Å². The quantitative estimate of drug-likeness (QED) is 0.739. The summed E-state index contributed by atoms with van der Waals surface area (Å²) in [6.07, 6.45) is 3.46. The van der Waals surface area contributed by atoms with Crippen molar-refractivity contribution < 1.29 is 9.53 Å². The van der Waals surface area contributed by atoms with Crippen molar-refractivity contribution in [2.45, 2.75) is 57.8 Å². The van der Waals surface area contributed by atoms with Gasteiger partial charge in [0, 0.05) is 69.3 Å². The van der Waals surface area contributed by atoms with Crippen LogP contribution in [0, 0.1) is 0 Å². The van der Waals surface area contributed by atoms with E-state index in [1.807, 2.05) is 48.2 Å². The molecule has 1 fully saturated rings. The molecule has 33 heavy (non-hydrogen) atoms. The first kappa shape index (κ1) is 23.4. The maximum atomic E-state index is 13.5. The van der Waals surface area contributed by atoms with Gasteiger partial charge in [-0.05, 0) is 56.9 Å². The third-order valence-electron chi connectivity index (χ3n) is 6.92. The number of hydrogen-bond acceptors (Lipinski definition) is 5. The Morgan fingerprint density at radius 1 is 1.09 bits per heavy atom. The Bertz CT molecular complexity index is 945. The average Bonchev–Trinajstić information content (AvgIpc) is 3.19. The van der Waals surface area contributed by atoms with Crippen LogP contribution in [0.2, 0.25) is 0 Å². The first-order valence-electron chi connectivity index (χ1n) is 12.2. The van der Waals surface area contributed by atoms with Gasteiger partial charge in [0.05, 0.1) is 0 Å². The van der Waals surface area contributed by atoms with Crippen molar-refractivity contribution in [3.63, 3.8) is 0 Å². The summed E-state index contributed by atoms with van der Waals surface area (Å²) in [4.78, 5) is 20.1. The lowest BCUT2D eigenvalue weighted by atomic mass is 10.1. The number of carbonyl (C=O) groups is 1. The lowest BCUT2D eigenvalue weighted by molar-refractivity contribution is -0.135. The fourth-order valence-corrected chi connectivity index (χ4v) is 5.31. The lowest BCUT2D eigenvalue weighted by Crippen LogP contribution is -2.48. The number of ether oxygens (including phenoxy) is 1. The van der Waals surface area contributed by atoms with Crippen LogP contribution in [0.25, 0.3) is 0 Å². The second-order valence-electron chi connectivity index (χ2n) is 9.75. The minimum atomic E-state index is 0.0338. The summed E-state index contributed by atoms with van der Waals surface area (Å²) in [5.41, 5.74) is 3.35. The van der Waals surface area contributed by atoms with Crippen LogP contribution in [0.5, 0.6) is 5.75 Å². The fourth-order valence-electron chi connectivity index (χ4n) is 5.31. The molecule has 4 rings (SSSR count). The summed E-state index contributed by atoms with van der Waals surface area (Å²) in [5, 5.41) is 3.64. The van der Waals surface area contributed by atoms with Crippen LogP contribution in [-0.4, -0.2) is 67.6 Å². The van der Waals surface area contributed by atoms with Crippen LogP contribution < -0.4 is 15.0 Å². The van der Waals surface area contributed by atoms with Gasteiger partial charge in [-0.2, -0.15) is 0 Å². The van der Waals surface area contributed by atoms with Gasteiger partial charge in [-0.25, -0.2) is 0 Å². The number of fused-ring (bicyclic) bond motifs is 3. The molecule has 6 heteroatoms. The number of carbonyl (C=O) groups excluding carboxylic acids is 1. The van der Waals surface area contributed by atoms with E-state index in [0.717, 1.165) is 48.6 Å². The zero-order valence-corrected chi connectivity index (χ0v) is 20.5. The van der Waals surface area contributed by atoms with Crippen molar-refractivity contribution in [3.05, 3.63) is 54.1 Å². The monoisotopic (exact) mass is 450 g/mol. The Balaban J connectivity index is 1.54. The Morgan fingerprint density at radius 2 is 1.88 bits per heavy atom. The van der Waals surface area contributed by atoms with Gasteiger partial charge < -0.3 is 19.9 Å². The van der Waals surface area contributed by atoms with Crippen molar-refractivity contribution in [3.8, 4) is 5.75 Å². The summed E-state index contributed by atoms with van der Waals surface area (Å²) in [5.74, 6) is 0.755. The number of para-hydroxylation sites is 1. The first-order valence-corrected chi connectivity index (χ1v) is 12.2. The molecule has 2 aliphatic rings. The predicted octanol–water partition coefficient (Wildman–Crippen LogP) is 4.22. The molecular weight excluding hydrogens is 412 g/mol. The molecule has 178 valence electrons. The van der Waals surface area contributed by atoms with E-state index < -0.39 is 0 Å². The fraction of sp³-hybridized carbons (Fsp3) is 0.519. The summed E-state index contributed by atoms with van der Waals surface area (Å²) < 4.78 is 5.96. The van der Waals surface area contributed by atoms with Crippen molar-refractivity contribution in [1.29, 1.82) is 0 Å². The van der Waals surface area contributed by atoms with Crippen molar-refractivity contribution in [2.75, 3.05) is 44.0 Å². The molecule has 2 heterocycles. The molecule has 2 atom stereocenters. The van der Waals surface area contributed by atoms with Crippen molar-refractivity contribution in [1.82, 2.24) is 9.80 Å². The molecule has 1 saturated heterocycles. The topological polar surface area (TPSA) is 48.1 Å². The molecule has 6 nitrogen and oxygen atoms in total. The number of rotatable bonds is 5. The van der Waals surface area contributed by atoms with E-state index in [-0.39, 0.29) is 12.5 Å². The Labute approximate surface area is 198 Å². The highest BCUT2D eigenvalue weighted by atomic mass is 16.5. The zero-order chi connectivity index (χ0) is 23.4. The van der Waals surface area contributed by atoms with E-state index >= 15 is 0 Å². The van der Waals surface area contributed by atoms with Gasteiger partial charge in [-0.1, -0.05) is 24.3 Å². The molecule has 2 bridgehead atoms. The largest absolute Gasteiger partial charge is 0.484 e. The van der Waals surface area contributed by atoms with Gasteiger partial charge in [0.1, 0.15) is 5.75 Å². The van der Waals surface area contributed by atoms with Gasteiger partial charge in [0.2, 0.25) is 0 Å². The molecule has 1 amide bonds. The number of hydrogen-bond donors (Lipinski definition) is 1. The zero-order valence-electron chi connectivity index (χ0n) is 20.5. The highest BCUT2D eigenvalue weighted by molar-refractivity contribution is 5.78. The lowest BCUT2D eigenvalue weighted by Gasteiger charge is -2.36. The molecule has 2 aromatic rings. The van der Waals surface area contributed by atoms with Gasteiger partial charge in [0.25, 0.3) is 5.91 Å². The maximum Gasteiger partial charge on any atom is 0.260 e. The highest BCUT2D eigenvalue weighted by Gasteiger charge is 2.37. The maximum absolute atomic E-state index is 13.5. The third kappa shape index (κ3) is 5.61. The van der Waals surface area contributed by atoms with Crippen LogP contribution in [0.3, 0.4) is 0 Å². The van der Waals surface area contributed by atoms with Crippen molar-refractivity contribution >= 4 is 17.3 Å². The Hall–Kier alpha value is -2.73. The Morgan fingerprint density at radius 3 is 2.67 bits per heavy atom. The highest BCUT2D eigenvalue weighted by Crippen LogP contribution is 2.31. The molecule has 0 aromatic heterocycles. The van der Waals surface area contributed by atoms with E-state index in [0.29, 0.717) is 24.7 Å². The van der Waals surface area contributed by atoms with Crippen LogP contribution in [0.15, 0.2) is 48.5 Å². The smallest absolute Gasteiger partial charge is 0.260 e. The summed E-state index contributed by atoms with van der Waals surface area (Å²) in [6.45, 7) is 6.89. The van der Waals surface area contributed by atoms with Gasteiger partial charge in [-0.3, -0.25) is 9.69 Å². The first-order chi connectivity index (χ1) is 15.9. The number of nitrogens with zero attached hydrogens (tertiary/aromatic N) is 3. The van der Waals surface area contributed by atoms with Crippen LogP contribution in [-0.2, 0) is 11.3 Å². The minimum Gasteiger partial charge on any atom is -0.484 e. The summed E-state index contributed by atoms with van der Waals surface area (Å²) in [6, 6.07) is 17.7. The van der Waals surface area contributed by atoms with Crippen LogP contribution in [0.4, 0.5) is 11.4 Å². The molecule has 0 saturated carbocycles. The normalized spacial score (nSPS) is 21.2. The SMILES string of the molecule is CC(C)N1[C@H]2CCNc3ccccc3CN(C(=O)COc3cccc(N(C)C)c3)C[C@@H]1CC2. The van der Waals surface area contributed by atoms with Crippen LogP contribution >= 0.6 is 0 Å². The van der Waals surface area contributed by atoms with Gasteiger partial charge in [-0.15, -0.1) is 0 Å². The predicted molar refractivity (Wildman–Crippen MR) is 135 cm³/mol. The molecular formula is C27H38N4O2. The molecule has 1 N–H and O–H groups in total. The Kier molecular flexibility index (Phi) is 7.43. The van der Waals surface area contributed by atoms with Crippen LogP contribution in [0.1, 0.15) is 38.7 Å².